The number of anilines is 1. The fourth-order valence-corrected chi connectivity index (χ4v) is 6.30. The van der Waals surface area contributed by atoms with Crippen molar-refractivity contribution in [1.29, 1.82) is 0 Å². The van der Waals surface area contributed by atoms with Gasteiger partial charge < -0.3 is 5.32 Å². The third-order valence-electron chi connectivity index (χ3n) is 4.61. The molecule has 142 valence electrons. The van der Waals surface area contributed by atoms with Gasteiger partial charge in [-0.05, 0) is 36.4 Å². The van der Waals surface area contributed by atoms with Crippen LogP contribution < -0.4 is 5.32 Å². The zero-order chi connectivity index (χ0) is 19.0. The van der Waals surface area contributed by atoms with E-state index in [0.717, 1.165) is 39.9 Å². The van der Waals surface area contributed by atoms with E-state index >= 15 is 0 Å². The molecule has 3 aromatic rings. The van der Waals surface area contributed by atoms with Crippen LogP contribution in [0, 0.1) is 0 Å². The highest BCUT2D eigenvalue weighted by Gasteiger charge is 2.34. The van der Waals surface area contributed by atoms with Crippen LogP contribution in [0.5, 0.6) is 0 Å². The zero-order valence-corrected chi connectivity index (χ0v) is 17.2. The first-order valence-electron chi connectivity index (χ1n) is 8.64. The van der Waals surface area contributed by atoms with Crippen molar-refractivity contribution in [1.82, 2.24) is 9.29 Å². The van der Waals surface area contributed by atoms with E-state index in [1.165, 1.54) is 15.6 Å². The van der Waals surface area contributed by atoms with Gasteiger partial charge in [0.2, 0.25) is 15.9 Å². The van der Waals surface area contributed by atoms with Crippen LogP contribution in [0.2, 0.25) is 0 Å². The third kappa shape index (κ3) is 3.77. The van der Waals surface area contributed by atoms with Gasteiger partial charge in [-0.25, -0.2) is 13.4 Å². The maximum atomic E-state index is 12.9. The Morgan fingerprint density at radius 3 is 2.85 bits per heavy atom. The number of carbonyl (C=O) groups is 1. The van der Waals surface area contributed by atoms with E-state index in [4.69, 9.17) is 0 Å². The number of nitrogens with zero attached hydrogens (tertiary/aromatic N) is 2. The number of hydrogen-bond acceptors (Lipinski definition) is 6. The maximum Gasteiger partial charge on any atom is 0.243 e. The molecule has 2 aromatic heterocycles. The molecule has 1 unspecified atom stereocenters. The van der Waals surface area contributed by atoms with Crippen molar-refractivity contribution in [2.24, 2.45) is 0 Å². The summed E-state index contributed by atoms with van der Waals surface area (Å²) in [5.74, 6) is -0.273. The molecule has 3 heterocycles. The van der Waals surface area contributed by atoms with E-state index in [1.807, 2.05) is 35.7 Å². The van der Waals surface area contributed by atoms with Crippen molar-refractivity contribution in [3.05, 3.63) is 35.7 Å². The number of amides is 1. The molecule has 4 rings (SSSR count). The summed E-state index contributed by atoms with van der Waals surface area (Å²) in [6.07, 6.45) is 3.34. The molecule has 1 atom stereocenters. The number of benzene rings is 1. The molecule has 0 bridgehead atoms. The largest absolute Gasteiger partial charge is 0.316 e. The molecule has 27 heavy (non-hydrogen) atoms. The van der Waals surface area contributed by atoms with Gasteiger partial charge in [0.25, 0.3) is 0 Å². The Bertz CT molecular complexity index is 1050. The lowest BCUT2D eigenvalue weighted by atomic mass is 10.0. The van der Waals surface area contributed by atoms with E-state index < -0.39 is 16.1 Å². The van der Waals surface area contributed by atoms with Crippen LogP contribution in [0.15, 0.2) is 35.7 Å². The van der Waals surface area contributed by atoms with Gasteiger partial charge in [0, 0.05) is 12.1 Å². The molecule has 1 aliphatic heterocycles. The second-order valence-electron chi connectivity index (χ2n) is 6.52. The Hall–Kier alpha value is -1.81. The summed E-state index contributed by atoms with van der Waals surface area (Å²) in [7, 11) is -3.41. The monoisotopic (exact) mass is 421 g/mol. The first kappa shape index (κ1) is 18.5. The molecule has 1 N–H and O–H groups in total. The van der Waals surface area contributed by atoms with Gasteiger partial charge in [-0.15, -0.1) is 22.7 Å². The molecule has 1 amide bonds. The predicted molar refractivity (Wildman–Crippen MR) is 111 cm³/mol. The Morgan fingerprint density at radius 1 is 1.26 bits per heavy atom. The normalized spacial score (nSPS) is 18.6. The van der Waals surface area contributed by atoms with Crippen LogP contribution in [0.1, 0.15) is 19.3 Å². The van der Waals surface area contributed by atoms with Crippen molar-refractivity contribution < 1.29 is 13.2 Å². The Labute approximate surface area is 165 Å². The molecule has 0 radical (unpaired) electrons. The number of hydrogen-bond donors (Lipinski definition) is 1. The fraction of sp³-hybridized carbons (Fsp3) is 0.333. The van der Waals surface area contributed by atoms with Crippen LogP contribution in [-0.2, 0) is 14.8 Å². The lowest BCUT2D eigenvalue weighted by Crippen LogP contribution is -2.49. The van der Waals surface area contributed by atoms with E-state index in [2.05, 4.69) is 10.3 Å². The van der Waals surface area contributed by atoms with Gasteiger partial charge in [-0.3, -0.25) is 4.79 Å². The van der Waals surface area contributed by atoms with E-state index in [-0.39, 0.29) is 5.91 Å². The number of nitrogens with one attached hydrogen (secondary N) is 1. The van der Waals surface area contributed by atoms with Gasteiger partial charge in [0.1, 0.15) is 16.1 Å². The van der Waals surface area contributed by atoms with Gasteiger partial charge in [-0.1, -0.05) is 18.6 Å². The molecule has 1 aromatic carbocycles. The van der Waals surface area contributed by atoms with Crippen LogP contribution in [0.25, 0.3) is 20.8 Å². The second-order valence-corrected chi connectivity index (χ2v) is 10.4. The van der Waals surface area contributed by atoms with E-state index in [9.17, 15) is 13.2 Å². The number of para-hydroxylation sites is 1. The highest BCUT2D eigenvalue weighted by Crippen LogP contribution is 2.38. The molecule has 9 heteroatoms. The van der Waals surface area contributed by atoms with Crippen LogP contribution >= 0.6 is 22.7 Å². The summed E-state index contributed by atoms with van der Waals surface area (Å²) in [4.78, 5) is 17.5. The Balaban J connectivity index is 1.60. The molecule has 1 fully saturated rings. The Morgan fingerprint density at radius 2 is 2.07 bits per heavy atom. The summed E-state index contributed by atoms with van der Waals surface area (Å²) >= 11 is 3.00. The summed E-state index contributed by atoms with van der Waals surface area (Å²) in [5, 5.41) is 6.40. The van der Waals surface area contributed by atoms with Crippen LogP contribution in [0.3, 0.4) is 0 Å². The minimum atomic E-state index is -3.41. The SMILES string of the molecule is CS(=O)(=O)N1CCCCC1C(=O)Nc1sccc1-c1nc2ccccc2s1. The molecule has 0 spiro atoms. The first-order chi connectivity index (χ1) is 12.9. The van der Waals surface area contributed by atoms with E-state index in [1.54, 1.807) is 11.3 Å². The molecular weight excluding hydrogens is 402 g/mol. The highest BCUT2D eigenvalue weighted by atomic mass is 32.2. The van der Waals surface area contributed by atoms with Crippen LogP contribution in [-0.4, -0.2) is 42.5 Å². The molecule has 0 aliphatic carbocycles. The van der Waals surface area contributed by atoms with E-state index in [0.29, 0.717) is 18.0 Å². The molecule has 1 aliphatic rings. The summed E-state index contributed by atoms with van der Waals surface area (Å²) < 4.78 is 26.5. The average Bonchev–Trinajstić information content (AvgIpc) is 3.27. The lowest BCUT2D eigenvalue weighted by molar-refractivity contribution is -0.120. The maximum absolute atomic E-state index is 12.9. The number of piperidine rings is 1. The third-order valence-corrected chi connectivity index (χ3v) is 7.80. The number of fused-ring (bicyclic) bond motifs is 1. The minimum Gasteiger partial charge on any atom is -0.316 e. The van der Waals surface area contributed by atoms with Crippen molar-refractivity contribution in [3.8, 4) is 10.6 Å². The van der Waals surface area contributed by atoms with Crippen molar-refractivity contribution in [2.45, 2.75) is 25.3 Å². The topological polar surface area (TPSA) is 79.4 Å². The summed E-state index contributed by atoms with van der Waals surface area (Å²) in [6, 6.07) is 9.19. The summed E-state index contributed by atoms with van der Waals surface area (Å²) in [5.41, 5.74) is 1.80. The average molecular weight is 422 g/mol. The fourth-order valence-electron chi connectivity index (χ4n) is 3.32. The quantitative estimate of drug-likeness (QED) is 0.695. The van der Waals surface area contributed by atoms with Crippen molar-refractivity contribution in [3.63, 3.8) is 0 Å². The Kier molecular flexibility index (Phi) is 5.02. The lowest BCUT2D eigenvalue weighted by Gasteiger charge is -2.32. The van der Waals surface area contributed by atoms with Gasteiger partial charge in [-0.2, -0.15) is 4.31 Å². The van der Waals surface area contributed by atoms with Gasteiger partial charge >= 0.3 is 0 Å². The number of carbonyl (C=O) groups excluding carboxylic acids is 1. The molecule has 6 nitrogen and oxygen atoms in total. The highest BCUT2D eigenvalue weighted by molar-refractivity contribution is 7.88. The number of rotatable bonds is 4. The van der Waals surface area contributed by atoms with Gasteiger partial charge in [0.15, 0.2) is 0 Å². The zero-order valence-electron chi connectivity index (χ0n) is 14.7. The minimum absolute atomic E-state index is 0.273. The first-order valence-corrected chi connectivity index (χ1v) is 12.2. The van der Waals surface area contributed by atoms with Crippen molar-refractivity contribution in [2.75, 3.05) is 18.1 Å². The smallest absolute Gasteiger partial charge is 0.243 e. The van der Waals surface area contributed by atoms with Crippen LogP contribution in [0.4, 0.5) is 5.00 Å². The molecule has 1 saturated heterocycles. The predicted octanol–water partition coefficient (Wildman–Crippen LogP) is 3.78. The number of sulfonamides is 1. The summed E-state index contributed by atoms with van der Waals surface area (Å²) in [6.45, 7) is 0.395. The van der Waals surface area contributed by atoms with Gasteiger partial charge in [0.05, 0.1) is 16.5 Å². The number of aromatic nitrogens is 1. The van der Waals surface area contributed by atoms with Crippen molar-refractivity contribution >= 4 is 53.8 Å². The molecule has 0 saturated carbocycles. The number of thiophene rings is 1. The second kappa shape index (κ2) is 7.31. The standard InChI is InChI=1S/C18H19N3O3S3/c1-27(23,24)21-10-5-4-7-14(21)16(22)20-17-12(9-11-25-17)18-19-13-6-2-3-8-15(13)26-18/h2-3,6,8-9,11,14H,4-5,7,10H2,1H3,(H,20,22). The molecular formula is C18H19N3O3S3. The number of thiazole rings is 1.